The lowest BCUT2D eigenvalue weighted by Crippen LogP contribution is -2.35. The average Bonchev–Trinajstić information content (AvgIpc) is 2.45. The zero-order valence-corrected chi connectivity index (χ0v) is 12.7. The van der Waals surface area contributed by atoms with E-state index >= 15 is 0 Å². The smallest absolute Gasteiger partial charge is 0.323 e. The van der Waals surface area contributed by atoms with Crippen molar-refractivity contribution in [3.05, 3.63) is 12.7 Å². The summed E-state index contributed by atoms with van der Waals surface area (Å²) in [5.41, 5.74) is 5.78. The highest BCUT2D eigenvalue weighted by molar-refractivity contribution is 5.77. The van der Waals surface area contributed by atoms with E-state index in [0.717, 1.165) is 25.7 Å². The van der Waals surface area contributed by atoms with Gasteiger partial charge in [0.15, 0.2) is 0 Å². The van der Waals surface area contributed by atoms with Gasteiger partial charge in [0.2, 0.25) is 0 Å². The molecule has 0 bridgehead atoms. The van der Waals surface area contributed by atoms with E-state index in [9.17, 15) is 9.59 Å². The average molecular weight is 297 g/mol. The summed E-state index contributed by atoms with van der Waals surface area (Å²) in [5.74, 6) is -0.777. The molecule has 0 amide bonds. The third-order valence-corrected chi connectivity index (χ3v) is 3.66. The molecule has 0 saturated heterocycles. The van der Waals surface area contributed by atoms with Gasteiger partial charge >= 0.3 is 11.9 Å². The number of esters is 2. The van der Waals surface area contributed by atoms with Gasteiger partial charge in [-0.2, -0.15) is 0 Å². The molecule has 120 valence electrons. The van der Waals surface area contributed by atoms with E-state index in [4.69, 9.17) is 15.2 Å². The molecular formula is C16H27NO4. The Morgan fingerprint density at radius 1 is 1.19 bits per heavy atom. The zero-order chi connectivity index (χ0) is 15.5. The van der Waals surface area contributed by atoms with Crippen molar-refractivity contribution >= 4 is 11.9 Å². The number of carbonyl (C=O) groups is 2. The summed E-state index contributed by atoms with van der Waals surface area (Å²) in [6.45, 7) is 3.64. The van der Waals surface area contributed by atoms with E-state index in [0.29, 0.717) is 0 Å². The number of rotatable bonds is 7. The van der Waals surface area contributed by atoms with Gasteiger partial charge < -0.3 is 15.2 Å². The van der Waals surface area contributed by atoms with Crippen molar-refractivity contribution < 1.29 is 19.1 Å². The highest BCUT2D eigenvalue weighted by Gasteiger charge is 2.21. The summed E-state index contributed by atoms with van der Waals surface area (Å²) in [7, 11) is 0. The van der Waals surface area contributed by atoms with Crippen molar-refractivity contribution in [1.29, 1.82) is 0 Å². The summed E-state index contributed by atoms with van der Waals surface area (Å²) >= 11 is 0. The normalized spacial score (nSPS) is 18.1. The first-order valence-electron chi connectivity index (χ1n) is 7.86. The highest BCUT2D eigenvalue weighted by Crippen LogP contribution is 2.20. The Morgan fingerprint density at radius 3 is 2.43 bits per heavy atom. The van der Waals surface area contributed by atoms with Crippen LogP contribution in [0.4, 0.5) is 0 Å². The Hall–Kier alpha value is -1.36. The van der Waals surface area contributed by atoms with Gasteiger partial charge in [0.1, 0.15) is 18.8 Å². The van der Waals surface area contributed by atoms with Gasteiger partial charge in [0, 0.05) is 6.42 Å². The molecule has 1 aliphatic rings. The van der Waals surface area contributed by atoms with Crippen molar-refractivity contribution in [1.82, 2.24) is 0 Å². The van der Waals surface area contributed by atoms with Crippen LogP contribution in [0.1, 0.15) is 57.8 Å². The Bertz CT molecular complexity index is 335. The van der Waals surface area contributed by atoms with Crippen LogP contribution in [0.2, 0.25) is 0 Å². The molecule has 2 N–H and O–H groups in total. The molecule has 0 aromatic heterocycles. The molecule has 0 aliphatic heterocycles. The fourth-order valence-electron chi connectivity index (χ4n) is 2.40. The number of nitrogens with two attached hydrogens (primary N) is 1. The van der Waals surface area contributed by atoms with Crippen LogP contribution in [-0.4, -0.2) is 30.7 Å². The third-order valence-electron chi connectivity index (χ3n) is 3.66. The van der Waals surface area contributed by atoms with E-state index in [1.54, 1.807) is 0 Å². The van der Waals surface area contributed by atoms with Crippen molar-refractivity contribution in [2.45, 2.75) is 69.9 Å². The molecule has 0 radical (unpaired) electrons. The molecule has 0 heterocycles. The van der Waals surface area contributed by atoms with Gasteiger partial charge in [-0.05, 0) is 32.1 Å². The molecule has 0 unspecified atom stereocenters. The van der Waals surface area contributed by atoms with E-state index in [1.165, 1.54) is 25.3 Å². The second-order valence-corrected chi connectivity index (χ2v) is 5.52. The first-order chi connectivity index (χ1) is 10.1. The summed E-state index contributed by atoms with van der Waals surface area (Å²) in [6.07, 6.45) is 9.56. The number of carbonyl (C=O) groups excluding carboxylic acids is 2. The monoisotopic (exact) mass is 297 g/mol. The second-order valence-electron chi connectivity index (χ2n) is 5.52. The molecule has 5 nitrogen and oxygen atoms in total. The summed E-state index contributed by atoms with van der Waals surface area (Å²) < 4.78 is 10.3. The lowest BCUT2D eigenvalue weighted by molar-refractivity contribution is -0.152. The zero-order valence-electron chi connectivity index (χ0n) is 12.7. The Kier molecular flexibility index (Phi) is 8.74. The number of ether oxygens (including phenoxy) is 2. The number of hydrogen-bond donors (Lipinski definition) is 1. The fraction of sp³-hybridized carbons (Fsp3) is 0.750. The first-order valence-corrected chi connectivity index (χ1v) is 7.86. The Labute approximate surface area is 126 Å². The number of hydrogen-bond acceptors (Lipinski definition) is 5. The van der Waals surface area contributed by atoms with E-state index in [1.807, 2.05) is 0 Å². The molecule has 1 aliphatic carbocycles. The van der Waals surface area contributed by atoms with Gasteiger partial charge in [0.25, 0.3) is 0 Å². The minimum Gasteiger partial charge on any atom is -0.461 e. The van der Waals surface area contributed by atoms with Crippen molar-refractivity contribution in [3.8, 4) is 0 Å². The molecule has 1 saturated carbocycles. The van der Waals surface area contributed by atoms with E-state index < -0.39 is 12.0 Å². The van der Waals surface area contributed by atoms with Crippen molar-refractivity contribution in [3.63, 3.8) is 0 Å². The Balaban J connectivity index is 2.25. The standard InChI is InChI=1S/C16H27NO4/c1-2-12-20-15(18)11-10-14(17)16(19)21-13-8-6-4-3-5-7-9-13/h2,13-14H,1,3-12,17H2/t14-/m0/s1. The van der Waals surface area contributed by atoms with Crippen molar-refractivity contribution in [2.75, 3.05) is 6.61 Å². The van der Waals surface area contributed by atoms with Crippen LogP contribution in [0.3, 0.4) is 0 Å². The van der Waals surface area contributed by atoms with Crippen LogP contribution in [0, 0.1) is 0 Å². The SMILES string of the molecule is C=CCOC(=O)CC[C@H](N)C(=O)OC1CCCCCCC1. The minimum atomic E-state index is -0.758. The predicted molar refractivity (Wildman–Crippen MR) is 80.6 cm³/mol. The summed E-state index contributed by atoms with van der Waals surface area (Å²) in [6, 6.07) is -0.758. The molecule has 21 heavy (non-hydrogen) atoms. The van der Waals surface area contributed by atoms with Crippen molar-refractivity contribution in [2.24, 2.45) is 5.73 Å². The van der Waals surface area contributed by atoms with Gasteiger partial charge in [-0.1, -0.05) is 31.9 Å². The lowest BCUT2D eigenvalue weighted by Gasteiger charge is -2.22. The Morgan fingerprint density at radius 2 is 1.81 bits per heavy atom. The van der Waals surface area contributed by atoms with Crippen LogP contribution in [-0.2, 0) is 19.1 Å². The maximum Gasteiger partial charge on any atom is 0.323 e. The fourth-order valence-corrected chi connectivity index (χ4v) is 2.40. The molecule has 0 spiro atoms. The molecule has 0 aromatic carbocycles. The van der Waals surface area contributed by atoms with Gasteiger partial charge in [-0.3, -0.25) is 9.59 Å². The molecule has 0 aromatic rings. The van der Waals surface area contributed by atoms with Crippen LogP contribution in [0.5, 0.6) is 0 Å². The van der Waals surface area contributed by atoms with Crippen LogP contribution in [0.25, 0.3) is 0 Å². The van der Waals surface area contributed by atoms with Gasteiger partial charge in [0.05, 0.1) is 0 Å². The van der Waals surface area contributed by atoms with Gasteiger partial charge in [-0.15, -0.1) is 0 Å². The largest absolute Gasteiger partial charge is 0.461 e. The highest BCUT2D eigenvalue weighted by atomic mass is 16.5. The lowest BCUT2D eigenvalue weighted by atomic mass is 9.98. The molecule has 1 rings (SSSR count). The van der Waals surface area contributed by atoms with Crippen LogP contribution < -0.4 is 5.73 Å². The second kappa shape index (κ2) is 10.4. The summed E-state index contributed by atoms with van der Waals surface area (Å²) in [4.78, 5) is 23.2. The predicted octanol–water partition coefficient (Wildman–Crippen LogP) is 2.48. The summed E-state index contributed by atoms with van der Waals surface area (Å²) in [5, 5.41) is 0. The van der Waals surface area contributed by atoms with E-state index in [2.05, 4.69) is 6.58 Å². The van der Waals surface area contributed by atoms with Crippen LogP contribution >= 0.6 is 0 Å². The first kappa shape index (κ1) is 17.7. The molecule has 1 atom stereocenters. The van der Waals surface area contributed by atoms with E-state index in [-0.39, 0.29) is 31.5 Å². The minimum absolute atomic E-state index is 0.0171. The third kappa shape index (κ3) is 7.85. The maximum atomic E-state index is 11.9. The topological polar surface area (TPSA) is 78.6 Å². The maximum absolute atomic E-state index is 11.9. The molecular weight excluding hydrogens is 270 g/mol. The molecule has 1 fully saturated rings. The van der Waals surface area contributed by atoms with Gasteiger partial charge in [-0.25, -0.2) is 0 Å². The molecule has 5 heteroatoms. The van der Waals surface area contributed by atoms with Crippen LogP contribution in [0.15, 0.2) is 12.7 Å². The quantitative estimate of drug-likeness (QED) is 0.577.